The molecule has 0 unspecified atom stereocenters. The maximum atomic E-state index is 9.29. The smallest absolute Gasteiger partial charge is 0.0991 e. The summed E-state index contributed by atoms with van der Waals surface area (Å²) in [4.78, 5) is 7.37. The molecule has 0 aromatic heterocycles. The van der Waals surface area contributed by atoms with Gasteiger partial charge in [-0.25, -0.2) is 0 Å². The van der Waals surface area contributed by atoms with Crippen LogP contribution in [-0.4, -0.2) is 54.0 Å². The van der Waals surface area contributed by atoms with Crippen LogP contribution in [0, 0.1) is 34.0 Å². The van der Waals surface area contributed by atoms with Crippen molar-refractivity contribution in [3.8, 4) is 18.2 Å². The minimum atomic E-state index is 0.690. The van der Waals surface area contributed by atoms with Gasteiger partial charge in [0.15, 0.2) is 0 Å². The van der Waals surface area contributed by atoms with Gasteiger partial charge < -0.3 is 0 Å². The molecule has 1 saturated heterocycles. The van der Waals surface area contributed by atoms with Crippen LogP contribution in [0.1, 0.15) is 33.4 Å². The Hall–Kier alpha value is -3.99. The molecule has 180 valence electrons. The van der Waals surface area contributed by atoms with Gasteiger partial charge in [0.25, 0.3) is 0 Å². The molecule has 1 fully saturated rings. The van der Waals surface area contributed by atoms with E-state index in [1.807, 2.05) is 54.6 Å². The predicted octanol–water partition coefficient (Wildman–Crippen LogP) is 4.12. The maximum Gasteiger partial charge on any atom is 0.0991 e. The van der Waals surface area contributed by atoms with E-state index in [4.69, 9.17) is 0 Å². The van der Waals surface area contributed by atoms with Crippen molar-refractivity contribution in [1.82, 2.24) is 14.7 Å². The molecular formula is C30H30N6. The van der Waals surface area contributed by atoms with Gasteiger partial charge in [-0.2, -0.15) is 15.8 Å². The van der Waals surface area contributed by atoms with E-state index in [2.05, 4.69) is 51.1 Å². The lowest BCUT2D eigenvalue weighted by atomic mass is 10.1. The first kappa shape index (κ1) is 25.1. The van der Waals surface area contributed by atoms with Crippen LogP contribution in [0.3, 0.4) is 0 Å². The minimum absolute atomic E-state index is 0.690. The molecule has 1 aliphatic heterocycles. The highest BCUT2D eigenvalue weighted by atomic mass is 15.3. The Morgan fingerprint density at radius 2 is 0.750 bits per heavy atom. The molecule has 4 rings (SSSR count). The summed E-state index contributed by atoms with van der Waals surface area (Å²) >= 11 is 0. The fourth-order valence-corrected chi connectivity index (χ4v) is 4.65. The van der Waals surface area contributed by atoms with Gasteiger partial charge in [-0.15, -0.1) is 0 Å². The van der Waals surface area contributed by atoms with E-state index in [-0.39, 0.29) is 0 Å². The van der Waals surface area contributed by atoms with Crippen LogP contribution < -0.4 is 0 Å². The zero-order valence-electron chi connectivity index (χ0n) is 20.5. The molecule has 0 radical (unpaired) electrons. The Morgan fingerprint density at radius 1 is 0.472 bits per heavy atom. The Bertz CT molecular complexity index is 1120. The first-order valence-electron chi connectivity index (χ1n) is 12.3. The molecule has 0 bridgehead atoms. The van der Waals surface area contributed by atoms with Crippen LogP contribution in [0.25, 0.3) is 0 Å². The third-order valence-electron chi connectivity index (χ3n) is 6.58. The van der Waals surface area contributed by atoms with Gasteiger partial charge in [0, 0.05) is 58.9 Å². The molecule has 0 amide bonds. The van der Waals surface area contributed by atoms with Crippen molar-refractivity contribution in [3.05, 3.63) is 106 Å². The number of nitriles is 3. The normalized spacial score (nSPS) is 15.6. The van der Waals surface area contributed by atoms with Crippen LogP contribution in [0.4, 0.5) is 0 Å². The number of hydrogen-bond donors (Lipinski definition) is 0. The summed E-state index contributed by atoms with van der Waals surface area (Å²) in [5.41, 5.74) is 5.51. The van der Waals surface area contributed by atoms with E-state index in [0.29, 0.717) is 16.7 Å². The quantitative estimate of drug-likeness (QED) is 0.535. The number of benzene rings is 3. The van der Waals surface area contributed by atoms with Crippen molar-refractivity contribution >= 4 is 0 Å². The Labute approximate surface area is 213 Å². The molecular weight excluding hydrogens is 444 g/mol. The average molecular weight is 475 g/mol. The summed E-state index contributed by atoms with van der Waals surface area (Å²) in [5, 5.41) is 27.9. The fraction of sp³-hybridized carbons (Fsp3) is 0.300. The summed E-state index contributed by atoms with van der Waals surface area (Å²) in [6.07, 6.45) is 0. The molecule has 1 heterocycles. The standard InChI is InChI=1S/C30H30N6/c31-19-25-4-1-7-28(16-25)22-34-10-12-35(23-29-8-2-5-26(17-29)20-32)14-15-36(13-11-34)24-30-9-3-6-27(18-30)21-33/h1-9,16-18H,10-15,22-24H2. The molecule has 0 aliphatic carbocycles. The van der Waals surface area contributed by atoms with E-state index < -0.39 is 0 Å². The average Bonchev–Trinajstić information content (AvgIpc) is 3.00. The van der Waals surface area contributed by atoms with E-state index in [1.54, 1.807) is 0 Å². The van der Waals surface area contributed by atoms with E-state index in [1.165, 1.54) is 0 Å². The molecule has 3 aromatic rings. The largest absolute Gasteiger partial charge is 0.297 e. The Balaban J connectivity index is 1.51. The van der Waals surface area contributed by atoms with E-state index >= 15 is 0 Å². The van der Waals surface area contributed by atoms with Gasteiger partial charge in [0.05, 0.1) is 34.9 Å². The second kappa shape index (κ2) is 12.6. The second-order valence-corrected chi connectivity index (χ2v) is 9.26. The summed E-state index contributed by atoms with van der Waals surface area (Å²) in [6, 6.07) is 30.3. The lowest BCUT2D eigenvalue weighted by molar-refractivity contribution is 0.209. The third-order valence-corrected chi connectivity index (χ3v) is 6.58. The minimum Gasteiger partial charge on any atom is -0.297 e. The van der Waals surface area contributed by atoms with Crippen LogP contribution in [-0.2, 0) is 19.6 Å². The lowest BCUT2D eigenvalue weighted by Crippen LogP contribution is -2.35. The van der Waals surface area contributed by atoms with Crippen LogP contribution in [0.15, 0.2) is 72.8 Å². The van der Waals surface area contributed by atoms with Gasteiger partial charge in [-0.05, 0) is 53.1 Å². The van der Waals surface area contributed by atoms with Crippen LogP contribution in [0.2, 0.25) is 0 Å². The third kappa shape index (κ3) is 7.25. The topological polar surface area (TPSA) is 81.1 Å². The molecule has 0 N–H and O–H groups in total. The van der Waals surface area contributed by atoms with Crippen molar-refractivity contribution in [2.75, 3.05) is 39.3 Å². The molecule has 6 nitrogen and oxygen atoms in total. The van der Waals surface area contributed by atoms with Crippen molar-refractivity contribution in [2.45, 2.75) is 19.6 Å². The molecule has 0 atom stereocenters. The maximum absolute atomic E-state index is 9.29. The lowest BCUT2D eigenvalue weighted by Gasteiger charge is -2.26. The molecule has 1 aliphatic rings. The highest BCUT2D eigenvalue weighted by molar-refractivity contribution is 5.34. The monoisotopic (exact) mass is 474 g/mol. The zero-order chi connectivity index (χ0) is 25.2. The zero-order valence-corrected chi connectivity index (χ0v) is 20.5. The Morgan fingerprint density at radius 3 is 1.00 bits per heavy atom. The highest BCUT2D eigenvalue weighted by Gasteiger charge is 2.18. The number of rotatable bonds is 6. The number of nitrogens with zero attached hydrogens (tertiary/aromatic N) is 6. The summed E-state index contributed by atoms with van der Waals surface area (Å²) in [7, 11) is 0. The van der Waals surface area contributed by atoms with Crippen molar-refractivity contribution in [2.24, 2.45) is 0 Å². The molecule has 36 heavy (non-hydrogen) atoms. The first-order valence-corrected chi connectivity index (χ1v) is 12.3. The fourth-order valence-electron chi connectivity index (χ4n) is 4.65. The van der Waals surface area contributed by atoms with Gasteiger partial charge in [0.1, 0.15) is 0 Å². The highest BCUT2D eigenvalue weighted by Crippen LogP contribution is 2.14. The van der Waals surface area contributed by atoms with E-state index in [0.717, 1.165) is 75.6 Å². The first-order chi connectivity index (χ1) is 17.6. The van der Waals surface area contributed by atoms with Crippen molar-refractivity contribution < 1.29 is 0 Å². The van der Waals surface area contributed by atoms with Gasteiger partial charge in [-0.3, -0.25) is 14.7 Å². The van der Waals surface area contributed by atoms with Crippen LogP contribution >= 0.6 is 0 Å². The van der Waals surface area contributed by atoms with E-state index in [9.17, 15) is 15.8 Å². The van der Waals surface area contributed by atoms with Gasteiger partial charge >= 0.3 is 0 Å². The predicted molar refractivity (Wildman–Crippen MR) is 139 cm³/mol. The van der Waals surface area contributed by atoms with Gasteiger partial charge in [0.2, 0.25) is 0 Å². The number of hydrogen-bond acceptors (Lipinski definition) is 6. The summed E-state index contributed by atoms with van der Waals surface area (Å²) in [5.74, 6) is 0. The van der Waals surface area contributed by atoms with Crippen molar-refractivity contribution in [3.63, 3.8) is 0 Å². The van der Waals surface area contributed by atoms with Crippen molar-refractivity contribution in [1.29, 1.82) is 15.8 Å². The summed E-state index contributed by atoms with van der Waals surface area (Å²) in [6.45, 7) is 7.93. The van der Waals surface area contributed by atoms with Crippen LogP contribution in [0.5, 0.6) is 0 Å². The second-order valence-electron chi connectivity index (χ2n) is 9.26. The molecule has 6 heteroatoms. The molecule has 3 aromatic carbocycles. The SMILES string of the molecule is N#Cc1cccc(CN2CCN(Cc3cccc(C#N)c3)CCN(Cc3cccc(C#N)c3)CC2)c1. The molecule has 0 spiro atoms. The molecule has 0 saturated carbocycles. The van der Waals surface area contributed by atoms with Gasteiger partial charge in [-0.1, -0.05) is 36.4 Å². The Kier molecular flexibility index (Phi) is 8.82. The summed E-state index contributed by atoms with van der Waals surface area (Å²) < 4.78 is 0.